The number of hydrogen-bond acceptors (Lipinski definition) is 4. The van der Waals surface area contributed by atoms with Crippen LogP contribution in [0.15, 0.2) is 34.5 Å². The topological polar surface area (TPSA) is 75.3 Å². The van der Waals surface area contributed by atoms with Crippen molar-refractivity contribution >= 4 is 33.0 Å². The molecule has 0 radical (unpaired) electrons. The smallest absolute Gasteiger partial charge is 0.256 e. The normalized spacial score (nSPS) is 11.4. The summed E-state index contributed by atoms with van der Waals surface area (Å²) in [5.74, 6) is -0.193. The molecule has 0 spiro atoms. The Morgan fingerprint density at radius 2 is 1.76 bits per heavy atom. The maximum absolute atomic E-state index is 12.2. The number of benzene rings is 1. The number of anilines is 1. The quantitative estimate of drug-likeness (QED) is 0.907. The molecule has 7 heteroatoms. The summed E-state index contributed by atoms with van der Waals surface area (Å²) >= 11 is 1.53. The Labute approximate surface area is 128 Å². The summed E-state index contributed by atoms with van der Waals surface area (Å²) in [6.07, 6.45) is 0. The first-order chi connectivity index (χ1) is 9.85. The zero-order chi connectivity index (χ0) is 15.6. The molecule has 2 rings (SSSR count). The van der Waals surface area contributed by atoms with Gasteiger partial charge >= 0.3 is 0 Å². The summed E-state index contributed by atoms with van der Waals surface area (Å²) in [7, 11) is -2.11. The molecule has 0 aliphatic carbocycles. The van der Waals surface area contributed by atoms with E-state index in [1.165, 1.54) is 30.5 Å². The Hall–Kier alpha value is -1.70. The zero-order valence-electron chi connectivity index (χ0n) is 11.9. The second kappa shape index (κ2) is 5.97. The van der Waals surface area contributed by atoms with Gasteiger partial charge in [0.25, 0.3) is 5.91 Å². The monoisotopic (exact) mass is 324 g/mol. The molecular weight excluding hydrogens is 308 g/mol. The summed E-state index contributed by atoms with van der Waals surface area (Å²) < 4.78 is 25.5. The molecule has 0 aliphatic rings. The first-order valence-electron chi connectivity index (χ1n) is 6.25. The van der Waals surface area contributed by atoms with Crippen LogP contribution in [0, 0.1) is 13.8 Å². The van der Waals surface area contributed by atoms with Gasteiger partial charge in [0.2, 0.25) is 10.0 Å². The van der Waals surface area contributed by atoms with E-state index in [9.17, 15) is 13.2 Å². The number of aryl methyl sites for hydroxylation is 1. The number of amides is 1. The van der Waals surface area contributed by atoms with Gasteiger partial charge in [-0.1, -0.05) is 0 Å². The third-order valence-electron chi connectivity index (χ3n) is 3.22. The molecule has 0 saturated heterocycles. The van der Waals surface area contributed by atoms with Crippen molar-refractivity contribution in [3.05, 3.63) is 45.6 Å². The van der Waals surface area contributed by atoms with Gasteiger partial charge in [0.15, 0.2) is 0 Å². The predicted molar refractivity (Wildman–Crippen MR) is 84.4 cm³/mol. The van der Waals surface area contributed by atoms with Crippen molar-refractivity contribution in [1.29, 1.82) is 0 Å². The van der Waals surface area contributed by atoms with E-state index in [1.807, 2.05) is 19.2 Å². The van der Waals surface area contributed by atoms with Crippen molar-refractivity contribution in [3.8, 4) is 0 Å². The Balaban J connectivity index is 2.18. The summed E-state index contributed by atoms with van der Waals surface area (Å²) in [4.78, 5) is 13.4. The summed E-state index contributed by atoms with van der Waals surface area (Å²) in [5, 5.41) is 4.58. The average Bonchev–Trinajstić information content (AvgIpc) is 2.79. The van der Waals surface area contributed by atoms with Gasteiger partial charge in [0.1, 0.15) is 0 Å². The molecule has 1 amide bonds. The van der Waals surface area contributed by atoms with Gasteiger partial charge in [-0.2, -0.15) is 0 Å². The molecule has 0 atom stereocenters. The van der Waals surface area contributed by atoms with Gasteiger partial charge in [-0.15, -0.1) is 11.3 Å². The maximum atomic E-state index is 12.2. The highest BCUT2D eigenvalue weighted by atomic mass is 32.2. The number of nitrogens with one attached hydrogen (secondary N) is 2. The lowest BCUT2D eigenvalue weighted by atomic mass is 10.1. The van der Waals surface area contributed by atoms with Crippen LogP contribution in [-0.4, -0.2) is 21.4 Å². The van der Waals surface area contributed by atoms with Crippen LogP contribution < -0.4 is 10.0 Å². The van der Waals surface area contributed by atoms with Crippen molar-refractivity contribution in [2.75, 3.05) is 12.4 Å². The molecule has 0 aliphatic heterocycles. The van der Waals surface area contributed by atoms with E-state index in [2.05, 4.69) is 10.0 Å². The molecule has 2 N–H and O–H groups in total. The van der Waals surface area contributed by atoms with E-state index in [-0.39, 0.29) is 10.8 Å². The minimum Gasteiger partial charge on any atom is -0.322 e. The van der Waals surface area contributed by atoms with Crippen LogP contribution in [0.3, 0.4) is 0 Å². The van der Waals surface area contributed by atoms with Crippen molar-refractivity contribution in [3.63, 3.8) is 0 Å². The number of thiophene rings is 1. The van der Waals surface area contributed by atoms with E-state index >= 15 is 0 Å². The van der Waals surface area contributed by atoms with Crippen LogP contribution in [0.4, 0.5) is 5.69 Å². The van der Waals surface area contributed by atoms with Crippen LogP contribution in [0.1, 0.15) is 20.8 Å². The lowest BCUT2D eigenvalue weighted by molar-refractivity contribution is 0.102. The molecular formula is C14H16N2O3S2. The van der Waals surface area contributed by atoms with Gasteiger partial charge in [0, 0.05) is 15.9 Å². The molecule has 112 valence electrons. The van der Waals surface area contributed by atoms with E-state index in [1.54, 1.807) is 12.1 Å². The third kappa shape index (κ3) is 3.31. The third-order valence-corrected chi connectivity index (χ3v) is 5.67. The lowest BCUT2D eigenvalue weighted by Gasteiger charge is -2.07. The van der Waals surface area contributed by atoms with Crippen molar-refractivity contribution in [2.45, 2.75) is 18.7 Å². The van der Waals surface area contributed by atoms with Gasteiger partial charge in [-0.05, 0) is 50.7 Å². The van der Waals surface area contributed by atoms with E-state index in [0.717, 1.165) is 10.4 Å². The Morgan fingerprint density at radius 3 is 2.24 bits per heavy atom. The molecule has 21 heavy (non-hydrogen) atoms. The highest BCUT2D eigenvalue weighted by molar-refractivity contribution is 7.89. The number of carbonyl (C=O) groups is 1. The minimum absolute atomic E-state index is 0.158. The largest absolute Gasteiger partial charge is 0.322 e. The van der Waals surface area contributed by atoms with E-state index < -0.39 is 10.0 Å². The highest BCUT2D eigenvalue weighted by Gasteiger charge is 2.14. The average molecular weight is 324 g/mol. The SMILES string of the molecule is CNS(=O)(=O)c1ccc(NC(=O)c2csc(C)c2C)cc1. The van der Waals surface area contributed by atoms with Gasteiger partial charge in [-0.3, -0.25) is 4.79 Å². The van der Waals surface area contributed by atoms with Crippen LogP contribution in [0.2, 0.25) is 0 Å². The molecule has 0 fully saturated rings. The van der Waals surface area contributed by atoms with Crippen molar-refractivity contribution < 1.29 is 13.2 Å². The Kier molecular flexibility index (Phi) is 4.46. The van der Waals surface area contributed by atoms with Crippen LogP contribution in [0.5, 0.6) is 0 Å². The Morgan fingerprint density at radius 1 is 1.14 bits per heavy atom. The van der Waals surface area contributed by atoms with Crippen LogP contribution >= 0.6 is 11.3 Å². The van der Waals surface area contributed by atoms with Crippen LogP contribution in [-0.2, 0) is 10.0 Å². The van der Waals surface area contributed by atoms with Gasteiger partial charge in [0.05, 0.1) is 10.5 Å². The Bertz CT molecular complexity index is 762. The van der Waals surface area contributed by atoms with Gasteiger partial charge in [-0.25, -0.2) is 13.1 Å². The van der Waals surface area contributed by atoms with E-state index in [4.69, 9.17) is 0 Å². The molecule has 0 saturated carbocycles. The molecule has 1 heterocycles. The summed E-state index contributed by atoms with van der Waals surface area (Å²) in [5.41, 5.74) is 2.16. The minimum atomic E-state index is -3.46. The van der Waals surface area contributed by atoms with Gasteiger partial charge < -0.3 is 5.32 Å². The number of carbonyl (C=O) groups excluding carboxylic acids is 1. The number of hydrogen-bond donors (Lipinski definition) is 2. The fourth-order valence-corrected chi connectivity index (χ4v) is 3.37. The number of rotatable bonds is 4. The standard InChI is InChI=1S/C14H16N2O3S2/c1-9-10(2)20-8-13(9)14(17)16-11-4-6-12(7-5-11)21(18,19)15-3/h4-8,15H,1-3H3,(H,16,17). The molecule has 1 aromatic heterocycles. The fraction of sp³-hybridized carbons (Fsp3) is 0.214. The molecule has 0 unspecified atom stereocenters. The van der Waals surface area contributed by atoms with E-state index in [0.29, 0.717) is 11.3 Å². The predicted octanol–water partition coefficient (Wildman–Crippen LogP) is 2.53. The molecule has 0 bridgehead atoms. The highest BCUT2D eigenvalue weighted by Crippen LogP contribution is 2.22. The molecule has 2 aromatic rings. The zero-order valence-corrected chi connectivity index (χ0v) is 13.6. The second-order valence-electron chi connectivity index (χ2n) is 4.52. The van der Waals surface area contributed by atoms with Crippen LogP contribution in [0.25, 0.3) is 0 Å². The van der Waals surface area contributed by atoms with Crippen molar-refractivity contribution in [1.82, 2.24) is 4.72 Å². The summed E-state index contributed by atoms with van der Waals surface area (Å²) in [6, 6.07) is 6.04. The first kappa shape index (κ1) is 15.7. The number of sulfonamides is 1. The fourth-order valence-electron chi connectivity index (χ4n) is 1.77. The van der Waals surface area contributed by atoms with Crippen molar-refractivity contribution in [2.24, 2.45) is 0 Å². The summed E-state index contributed by atoms with van der Waals surface area (Å²) in [6.45, 7) is 3.87. The lowest BCUT2D eigenvalue weighted by Crippen LogP contribution is -2.18. The maximum Gasteiger partial charge on any atom is 0.256 e. The first-order valence-corrected chi connectivity index (χ1v) is 8.61. The molecule has 1 aromatic carbocycles. The second-order valence-corrected chi connectivity index (χ2v) is 7.49. The molecule has 5 nitrogen and oxygen atoms in total.